The van der Waals surface area contributed by atoms with E-state index in [4.69, 9.17) is 0 Å². The lowest BCUT2D eigenvalue weighted by atomic mass is 10.1. The molecule has 0 amide bonds. The van der Waals surface area contributed by atoms with E-state index in [0.29, 0.717) is 5.69 Å². The highest BCUT2D eigenvalue weighted by Crippen LogP contribution is 2.29. The van der Waals surface area contributed by atoms with Crippen molar-refractivity contribution in [2.24, 2.45) is 0 Å². The fraction of sp³-hybridized carbons (Fsp3) is 0. The molecular formula is C22H17NO2S2. The highest BCUT2D eigenvalue weighted by molar-refractivity contribution is 7.99. The van der Waals surface area contributed by atoms with Crippen molar-refractivity contribution in [3.05, 3.63) is 97.1 Å². The molecule has 3 nitrogen and oxygen atoms in total. The van der Waals surface area contributed by atoms with Gasteiger partial charge in [0.05, 0.1) is 4.90 Å². The first-order chi connectivity index (χ1) is 13.1. The zero-order chi connectivity index (χ0) is 18.7. The fourth-order valence-electron chi connectivity index (χ4n) is 2.76. The van der Waals surface area contributed by atoms with E-state index in [9.17, 15) is 8.42 Å². The van der Waals surface area contributed by atoms with Crippen LogP contribution in [0.1, 0.15) is 0 Å². The highest BCUT2D eigenvalue weighted by atomic mass is 32.2. The van der Waals surface area contributed by atoms with Crippen LogP contribution in [0.3, 0.4) is 0 Å². The highest BCUT2D eigenvalue weighted by Gasteiger charge is 2.14. The van der Waals surface area contributed by atoms with Gasteiger partial charge in [0, 0.05) is 15.5 Å². The number of nitrogens with one attached hydrogen (secondary N) is 1. The summed E-state index contributed by atoms with van der Waals surface area (Å²) in [7, 11) is -3.63. The molecule has 0 radical (unpaired) electrons. The number of anilines is 1. The van der Waals surface area contributed by atoms with Gasteiger partial charge >= 0.3 is 0 Å². The van der Waals surface area contributed by atoms with Gasteiger partial charge in [-0.1, -0.05) is 60.3 Å². The van der Waals surface area contributed by atoms with Gasteiger partial charge in [0.25, 0.3) is 10.0 Å². The van der Waals surface area contributed by atoms with Gasteiger partial charge in [0.1, 0.15) is 0 Å². The molecule has 134 valence electrons. The quantitative estimate of drug-likeness (QED) is 0.468. The van der Waals surface area contributed by atoms with Crippen LogP contribution in [0.5, 0.6) is 0 Å². The Kier molecular flexibility index (Phi) is 4.88. The Morgan fingerprint density at radius 1 is 0.630 bits per heavy atom. The predicted molar refractivity (Wildman–Crippen MR) is 112 cm³/mol. The lowest BCUT2D eigenvalue weighted by molar-refractivity contribution is 0.601. The van der Waals surface area contributed by atoms with E-state index in [-0.39, 0.29) is 4.90 Å². The molecule has 4 aromatic carbocycles. The van der Waals surface area contributed by atoms with E-state index >= 15 is 0 Å². The van der Waals surface area contributed by atoms with Crippen molar-refractivity contribution >= 4 is 38.2 Å². The van der Waals surface area contributed by atoms with Gasteiger partial charge in [-0.15, -0.1) is 0 Å². The lowest BCUT2D eigenvalue weighted by Crippen LogP contribution is -2.12. The van der Waals surface area contributed by atoms with Crippen LogP contribution in [0.15, 0.2) is 112 Å². The number of sulfonamides is 1. The molecular weight excluding hydrogens is 374 g/mol. The molecule has 0 aromatic heterocycles. The second-order valence-corrected chi connectivity index (χ2v) is 8.88. The van der Waals surface area contributed by atoms with E-state index in [2.05, 4.69) is 4.72 Å². The topological polar surface area (TPSA) is 46.2 Å². The third-order valence-electron chi connectivity index (χ3n) is 4.12. The zero-order valence-corrected chi connectivity index (χ0v) is 16.0. The molecule has 27 heavy (non-hydrogen) atoms. The summed E-state index contributed by atoms with van der Waals surface area (Å²) in [6, 6.07) is 30.3. The predicted octanol–water partition coefficient (Wildman–Crippen LogP) is 5.79. The summed E-state index contributed by atoms with van der Waals surface area (Å²) in [6.45, 7) is 0. The lowest BCUT2D eigenvalue weighted by Gasteiger charge is -2.10. The van der Waals surface area contributed by atoms with E-state index in [0.717, 1.165) is 20.6 Å². The van der Waals surface area contributed by atoms with Crippen molar-refractivity contribution in [3.8, 4) is 0 Å². The maximum Gasteiger partial charge on any atom is 0.261 e. The Labute approximate surface area is 163 Å². The maximum atomic E-state index is 12.7. The van der Waals surface area contributed by atoms with E-state index in [1.54, 1.807) is 36.0 Å². The minimum absolute atomic E-state index is 0.254. The first kappa shape index (κ1) is 17.6. The van der Waals surface area contributed by atoms with Crippen LogP contribution in [0.25, 0.3) is 10.8 Å². The van der Waals surface area contributed by atoms with E-state index < -0.39 is 10.0 Å². The SMILES string of the molecule is O=S(=O)(Nc1ccc(Sc2ccccc2)cc1)c1ccc2ccccc2c1. The molecule has 0 saturated heterocycles. The standard InChI is InChI=1S/C22H17NO2S2/c24-27(25,22-15-10-17-6-4-5-7-18(17)16-22)23-19-11-13-21(14-12-19)26-20-8-2-1-3-9-20/h1-16,23H. The molecule has 0 aliphatic heterocycles. The minimum Gasteiger partial charge on any atom is -0.280 e. The molecule has 0 aliphatic carbocycles. The van der Waals surface area contributed by atoms with Gasteiger partial charge in [-0.05, 0) is 59.3 Å². The Morgan fingerprint density at radius 2 is 1.26 bits per heavy atom. The maximum absolute atomic E-state index is 12.7. The molecule has 0 atom stereocenters. The molecule has 0 spiro atoms. The first-order valence-corrected chi connectivity index (χ1v) is 10.7. The van der Waals surface area contributed by atoms with Crippen molar-refractivity contribution in [2.45, 2.75) is 14.7 Å². The second-order valence-electron chi connectivity index (χ2n) is 6.05. The molecule has 0 heterocycles. The largest absolute Gasteiger partial charge is 0.280 e. The van der Waals surface area contributed by atoms with E-state index in [1.807, 2.05) is 72.8 Å². The molecule has 4 rings (SSSR count). The molecule has 0 fully saturated rings. The summed E-state index contributed by atoms with van der Waals surface area (Å²) < 4.78 is 28.1. The normalized spacial score (nSPS) is 11.4. The molecule has 5 heteroatoms. The summed E-state index contributed by atoms with van der Waals surface area (Å²) in [5, 5.41) is 1.91. The zero-order valence-electron chi connectivity index (χ0n) is 14.4. The van der Waals surface area contributed by atoms with Gasteiger partial charge in [0.2, 0.25) is 0 Å². The fourth-order valence-corrected chi connectivity index (χ4v) is 4.70. The summed E-state index contributed by atoms with van der Waals surface area (Å²) in [5.74, 6) is 0. The van der Waals surface area contributed by atoms with Crippen LogP contribution in [-0.4, -0.2) is 8.42 Å². The average molecular weight is 392 g/mol. The van der Waals surface area contributed by atoms with Gasteiger partial charge in [-0.25, -0.2) is 8.42 Å². The van der Waals surface area contributed by atoms with Crippen molar-refractivity contribution < 1.29 is 8.42 Å². The van der Waals surface area contributed by atoms with Crippen LogP contribution in [0.4, 0.5) is 5.69 Å². The van der Waals surface area contributed by atoms with Crippen LogP contribution in [0, 0.1) is 0 Å². The minimum atomic E-state index is -3.63. The summed E-state index contributed by atoms with van der Waals surface area (Å²) in [5.41, 5.74) is 0.542. The molecule has 0 saturated carbocycles. The molecule has 4 aromatic rings. The van der Waals surface area contributed by atoms with Crippen LogP contribution in [-0.2, 0) is 10.0 Å². The van der Waals surface area contributed by atoms with Crippen molar-refractivity contribution in [1.82, 2.24) is 0 Å². The summed E-state index contributed by atoms with van der Waals surface area (Å²) in [6.07, 6.45) is 0. The number of hydrogen-bond acceptors (Lipinski definition) is 3. The van der Waals surface area contributed by atoms with Crippen molar-refractivity contribution in [2.75, 3.05) is 4.72 Å². The monoisotopic (exact) mass is 391 g/mol. The Balaban J connectivity index is 1.53. The first-order valence-electron chi connectivity index (χ1n) is 8.45. The van der Waals surface area contributed by atoms with Crippen LogP contribution in [0.2, 0.25) is 0 Å². The van der Waals surface area contributed by atoms with E-state index in [1.165, 1.54) is 0 Å². The van der Waals surface area contributed by atoms with Gasteiger partial charge in [-0.3, -0.25) is 4.72 Å². The Hall–Kier alpha value is -2.76. The van der Waals surface area contributed by atoms with Crippen LogP contribution >= 0.6 is 11.8 Å². The van der Waals surface area contributed by atoms with Crippen molar-refractivity contribution in [1.29, 1.82) is 0 Å². The molecule has 0 bridgehead atoms. The third-order valence-corrected chi connectivity index (χ3v) is 6.51. The smallest absolute Gasteiger partial charge is 0.261 e. The van der Waals surface area contributed by atoms with Gasteiger partial charge in [0.15, 0.2) is 0 Å². The van der Waals surface area contributed by atoms with Gasteiger partial charge < -0.3 is 0 Å². The van der Waals surface area contributed by atoms with Crippen LogP contribution < -0.4 is 4.72 Å². The Morgan fingerprint density at radius 3 is 2.00 bits per heavy atom. The second kappa shape index (κ2) is 7.47. The number of fused-ring (bicyclic) bond motifs is 1. The average Bonchev–Trinajstić information content (AvgIpc) is 2.70. The Bertz CT molecular complexity index is 1170. The molecule has 0 aliphatic rings. The number of hydrogen-bond donors (Lipinski definition) is 1. The molecule has 0 unspecified atom stereocenters. The number of benzene rings is 4. The van der Waals surface area contributed by atoms with Gasteiger partial charge in [-0.2, -0.15) is 0 Å². The molecule has 1 N–H and O–H groups in total. The summed E-state index contributed by atoms with van der Waals surface area (Å²) >= 11 is 1.63. The van der Waals surface area contributed by atoms with Crippen molar-refractivity contribution in [3.63, 3.8) is 0 Å². The number of rotatable bonds is 5. The summed E-state index contributed by atoms with van der Waals surface area (Å²) in [4.78, 5) is 2.45. The third kappa shape index (κ3) is 4.15.